The van der Waals surface area contributed by atoms with E-state index in [1.807, 2.05) is 89.1 Å². The largest absolute Gasteiger partial charge is 0.365 e. The summed E-state index contributed by atoms with van der Waals surface area (Å²) < 4.78 is 6.01. The highest BCUT2D eigenvalue weighted by Crippen LogP contribution is 2.41. The Bertz CT molecular complexity index is 1970. The lowest BCUT2D eigenvalue weighted by atomic mass is 10.1. The summed E-state index contributed by atoms with van der Waals surface area (Å²) in [4.78, 5) is 25.5. The van der Waals surface area contributed by atoms with Crippen LogP contribution in [0, 0.1) is 0 Å². The second kappa shape index (κ2) is 7.96. The first kappa shape index (κ1) is 21.5. The van der Waals surface area contributed by atoms with E-state index in [9.17, 15) is 0 Å². The number of nitrogens with zero attached hydrogens (tertiary/aromatic N) is 7. The Morgan fingerprint density at radius 1 is 0.667 bits per heavy atom. The molecule has 7 heterocycles. The molecule has 39 heavy (non-hydrogen) atoms. The van der Waals surface area contributed by atoms with E-state index >= 15 is 0 Å². The quantitative estimate of drug-likeness (QED) is 0.236. The van der Waals surface area contributed by atoms with Crippen molar-refractivity contribution in [3.05, 3.63) is 79.9 Å². The van der Waals surface area contributed by atoms with Gasteiger partial charge in [-0.2, -0.15) is 0 Å². The van der Waals surface area contributed by atoms with Crippen LogP contribution < -0.4 is 10.6 Å². The highest BCUT2D eigenvalue weighted by molar-refractivity contribution is 6.12. The minimum absolute atomic E-state index is 0.542. The smallest absolute Gasteiger partial charge is 0.239 e. The molecule has 0 spiro atoms. The number of hydrogen-bond donors (Lipinski definition) is 4. The first-order chi connectivity index (χ1) is 19.2. The molecule has 0 fully saturated rings. The van der Waals surface area contributed by atoms with Crippen LogP contribution in [0.15, 0.2) is 79.9 Å². The average Bonchev–Trinajstić information content (AvgIpc) is 3.77. The molecule has 0 aliphatic rings. The second-order valence-corrected chi connectivity index (χ2v) is 9.56. The predicted molar refractivity (Wildman–Crippen MR) is 152 cm³/mol. The van der Waals surface area contributed by atoms with Gasteiger partial charge < -0.3 is 29.7 Å². The topological polar surface area (TPSA) is 121 Å². The monoisotopic (exact) mass is 513 g/mol. The third-order valence-corrected chi connectivity index (χ3v) is 7.25. The molecular formula is C28H23N11. The summed E-state index contributed by atoms with van der Waals surface area (Å²) in [5.41, 5.74) is 6.40. The van der Waals surface area contributed by atoms with Crippen molar-refractivity contribution in [1.82, 2.24) is 43.4 Å². The van der Waals surface area contributed by atoms with Gasteiger partial charge in [0, 0.05) is 73.2 Å². The van der Waals surface area contributed by atoms with Gasteiger partial charge in [0.15, 0.2) is 0 Å². The molecule has 11 heteroatoms. The summed E-state index contributed by atoms with van der Waals surface area (Å²) in [6.07, 6.45) is 13.4. The number of anilines is 4. The van der Waals surface area contributed by atoms with Crippen molar-refractivity contribution in [1.29, 1.82) is 0 Å². The fourth-order valence-corrected chi connectivity index (χ4v) is 5.30. The van der Waals surface area contributed by atoms with Crippen LogP contribution in [0.25, 0.3) is 50.4 Å². The molecule has 0 saturated carbocycles. The molecule has 1 aromatic carbocycles. The van der Waals surface area contributed by atoms with Gasteiger partial charge in [-0.1, -0.05) is 0 Å². The molecule has 0 unspecified atom stereocenters. The lowest BCUT2D eigenvalue weighted by Gasteiger charge is -2.14. The summed E-state index contributed by atoms with van der Waals surface area (Å²) in [7, 11) is 4.02. The first-order valence-corrected chi connectivity index (χ1v) is 12.5. The third kappa shape index (κ3) is 3.16. The molecule has 190 valence electrons. The summed E-state index contributed by atoms with van der Waals surface area (Å²) in [6, 6.07) is 12.3. The van der Waals surface area contributed by atoms with E-state index in [-0.39, 0.29) is 0 Å². The Kier molecular flexibility index (Phi) is 4.39. The molecule has 0 radical (unpaired) electrons. The lowest BCUT2D eigenvalue weighted by molar-refractivity contribution is 0.936. The number of aromatic amines is 2. The number of nitrogens with one attached hydrogen (secondary N) is 4. The van der Waals surface area contributed by atoms with E-state index < -0.39 is 0 Å². The van der Waals surface area contributed by atoms with E-state index in [2.05, 4.69) is 42.7 Å². The van der Waals surface area contributed by atoms with Crippen LogP contribution in [0.1, 0.15) is 0 Å². The van der Waals surface area contributed by atoms with Crippen molar-refractivity contribution < 1.29 is 0 Å². The van der Waals surface area contributed by atoms with Gasteiger partial charge in [-0.25, -0.2) is 24.3 Å². The normalized spacial score (nSPS) is 11.8. The van der Waals surface area contributed by atoms with Crippen molar-refractivity contribution in [2.24, 2.45) is 14.1 Å². The molecule has 0 amide bonds. The molecule has 0 saturated heterocycles. The van der Waals surface area contributed by atoms with Crippen LogP contribution in [0.3, 0.4) is 0 Å². The highest BCUT2D eigenvalue weighted by Gasteiger charge is 2.23. The number of H-pyrrole nitrogens is 2. The number of hydrogen-bond acceptors (Lipinski definition) is 6. The zero-order chi connectivity index (χ0) is 26.1. The minimum atomic E-state index is 0.542. The maximum absolute atomic E-state index is 4.99. The molecule has 4 N–H and O–H groups in total. The molecule has 11 nitrogen and oxygen atoms in total. The molecule has 0 aliphatic carbocycles. The Morgan fingerprint density at radius 2 is 1.18 bits per heavy atom. The zero-order valence-corrected chi connectivity index (χ0v) is 21.1. The van der Waals surface area contributed by atoms with E-state index in [0.717, 1.165) is 61.8 Å². The second-order valence-electron chi connectivity index (χ2n) is 9.56. The van der Waals surface area contributed by atoms with E-state index in [1.165, 1.54) is 6.33 Å². The standard InChI is InChI=1S/C28H23N11/c1-37-9-3-5-22(37)33-20-13-29-11-18(20)24-16-7-8-17-25(36-28-32-15-31-27(35-24)39(28)26(16)17)19-12-30-14-21(19)34-23-6-4-10-38(23)2/h3-15,29-30,33-34H,1-2H3. The Balaban J connectivity index is 1.34. The maximum atomic E-state index is 4.99. The van der Waals surface area contributed by atoms with Gasteiger partial charge in [-0.3, -0.25) is 0 Å². The third-order valence-electron chi connectivity index (χ3n) is 7.25. The van der Waals surface area contributed by atoms with E-state index in [0.29, 0.717) is 11.6 Å². The summed E-state index contributed by atoms with van der Waals surface area (Å²) in [6.45, 7) is 0. The molecule has 0 bridgehead atoms. The predicted octanol–water partition coefficient (Wildman–Crippen LogP) is 5.42. The number of aromatic nitrogens is 9. The molecular weight excluding hydrogens is 490 g/mol. The van der Waals surface area contributed by atoms with Crippen molar-refractivity contribution in [3.8, 4) is 22.5 Å². The van der Waals surface area contributed by atoms with Crippen molar-refractivity contribution >= 4 is 50.9 Å². The lowest BCUT2D eigenvalue weighted by Crippen LogP contribution is -2.06. The summed E-state index contributed by atoms with van der Waals surface area (Å²) in [5, 5.41) is 9.03. The van der Waals surface area contributed by atoms with Gasteiger partial charge in [0.05, 0.1) is 28.3 Å². The van der Waals surface area contributed by atoms with Gasteiger partial charge in [-0.15, -0.1) is 0 Å². The van der Waals surface area contributed by atoms with Crippen LogP contribution in [-0.4, -0.2) is 43.4 Å². The van der Waals surface area contributed by atoms with Crippen LogP contribution >= 0.6 is 0 Å². The molecule has 8 rings (SSSR count). The van der Waals surface area contributed by atoms with Crippen LogP contribution in [0.2, 0.25) is 0 Å². The number of aryl methyl sites for hydroxylation is 2. The van der Waals surface area contributed by atoms with Gasteiger partial charge in [-0.05, 0) is 36.4 Å². The van der Waals surface area contributed by atoms with Crippen LogP contribution in [0.4, 0.5) is 23.0 Å². The SMILES string of the molecule is Cn1cccc1Nc1c[nH]cc1-c1nc2ncnc3nc(-c4c[nH]cc4Nc4cccn4C)c4ccc1c4n23. The molecule has 8 aromatic rings. The van der Waals surface area contributed by atoms with Crippen molar-refractivity contribution in [2.45, 2.75) is 0 Å². The minimum Gasteiger partial charge on any atom is -0.365 e. The summed E-state index contributed by atoms with van der Waals surface area (Å²) in [5.74, 6) is 3.05. The Labute approximate surface area is 221 Å². The Hall–Kier alpha value is -5.58. The van der Waals surface area contributed by atoms with Crippen LogP contribution in [0.5, 0.6) is 0 Å². The Morgan fingerprint density at radius 3 is 1.64 bits per heavy atom. The van der Waals surface area contributed by atoms with E-state index in [4.69, 9.17) is 9.97 Å². The fourth-order valence-electron chi connectivity index (χ4n) is 5.30. The van der Waals surface area contributed by atoms with Crippen LogP contribution in [-0.2, 0) is 14.1 Å². The first-order valence-electron chi connectivity index (χ1n) is 12.5. The average molecular weight is 514 g/mol. The van der Waals surface area contributed by atoms with Crippen molar-refractivity contribution in [3.63, 3.8) is 0 Å². The zero-order valence-electron chi connectivity index (χ0n) is 21.1. The highest BCUT2D eigenvalue weighted by atomic mass is 15.2. The van der Waals surface area contributed by atoms with Gasteiger partial charge >= 0.3 is 0 Å². The fraction of sp³-hybridized carbons (Fsp3) is 0.0714. The molecule has 0 aliphatic heterocycles. The van der Waals surface area contributed by atoms with E-state index in [1.54, 1.807) is 0 Å². The molecule has 0 atom stereocenters. The van der Waals surface area contributed by atoms with Crippen molar-refractivity contribution in [2.75, 3.05) is 10.6 Å². The number of rotatable bonds is 6. The molecule has 7 aromatic heterocycles. The van der Waals surface area contributed by atoms with Gasteiger partial charge in [0.1, 0.15) is 18.0 Å². The van der Waals surface area contributed by atoms with Gasteiger partial charge in [0.2, 0.25) is 11.6 Å². The van der Waals surface area contributed by atoms with Gasteiger partial charge in [0.25, 0.3) is 0 Å². The maximum Gasteiger partial charge on any atom is 0.239 e. The summed E-state index contributed by atoms with van der Waals surface area (Å²) >= 11 is 0.